The van der Waals surface area contributed by atoms with E-state index in [4.69, 9.17) is 18.6 Å². The van der Waals surface area contributed by atoms with Crippen LogP contribution in [0.25, 0.3) is 17.0 Å². The number of fused-ring (bicyclic) bond motifs is 2. The van der Waals surface area contributed by atoms with Gasteiger partial charge in [0.25, 0.3) is 0 Å². The van der Waals surface area contributed by atoms with Crippen molar-refractivity contribution in [3.63, 3.8) is 0 Å². The lowest BCUT2D eigenvalue weighted by Crippen LogP contribution is -2.09. The van der Waals surface area contributed by atoms with E-state index in [1.807, 2.05) is 54.6 Å². The third kappa shape index (κ3) is 4.96. The summed E-state index contributed by atoms with van der Waals surface area (Å²) in [6, 6.07) is 27.4. The van der Waals surface area contributed by atoms with Gasteiger partial charge in [-0.15, -0.1) is 0 Å². The second-order valence-corrected chi connectivity index (χ2v) is 9.83. The van der Waals surface area contributed by atoms with Gasteiger partial charge in [0.1, 0.15) is 40.8 Å². The molecule has 192 valence electrons. The Morgan fingerprint density at radius 3 is 2.51 bits per heavy atom. The van der Waals surface area contributed by atoms with Crippen molar-refractivity contribution in [2.75, 3.05) is 0 Å². The summed E-state index contributed by atoms with van der Waals surface area (Å²) < 4.78 is 24.1. The Bertz CT molecular complexity index is 1770. The molecule has 0 fully saturated rings. The molecule has 6 rings (SSSR count). The highest BCUT2D eigenvalue weighted by atomic mass is 79.9. The molecule has 39 heavy (non-hydrogen) atoms. The third-order valence-corrected chi connectivity index (χ3v) is 7.05. The molecule has 1 aliphatic heterocycles. The maximum atomic E-state index is 13.3. The lowest BCUT2D eigenvalue weighted by molar-refractivity contribution is 0.0734. The van der Waals surface area contributed by atoms with Gasteiger partial charge in [0.2, 0.25) is 5.78 Å². The fraction of sp³-hybridized carbons (Fsp3) is 0.0625. The van der Waals surface area contributed by atoms with Gasteiger partial charge in [-0.3, -0.25) is 4.79 Å². The van der Waals surface area contributed by atoms with Crippen molar-refractivity contribution in [3.8, 4) is 17.2 Å². The fourth-order valence-corrected chi connectivity index (χ4v) is 4.80. The Kier molecular flexibility index (Phi) is 6.50. The Morgan fingerprint density at radius 2 is 1.69 bits per heavy atom. The topological polar surface area (TPSA) is 75.0 Å². The number of carbonyl (C=O) groups excluding carboxylic acids is 2. The quantitative estimate of drug-likeness (QED) is 0.115. The molecule has 0 radical (unpaired) electrons. The number of aryl methyl sites for hydroxylation is 1. The summed E-state index contributed by atoms with van der Waals surface area (Å²) >= 11 is 3.48. The number of ether oxygens (including phenoxy) is 3. The van der Waals surface area contributed by atoms with Crippen molar-refractivity contribution < 1.29 is 28.2 Å². The highest BCUT2D eigenvalue weighted by Crippen LogP contribution is 2.36. The van der Waals surface area contributed by atoms with E-state index in [0.717, 1.165) is 15.6 Å². The number of rotatable bonds is 6. The lowest BCUT2D eigenvalue weighted by Gasteiger charge is -2.07. The van der Waals surface area contributed by atoms with E-state index >= 15 is 0 Å². The molecule has 0 atom stereocenters. The van der Waals surface area contributed by atoms with Crippen LogP contribution < -0.4 is 14.2 Å². The minimum atomic E-state index is -0.584. The van der Waals surface area contributed by atoms with Crippen LogP contribution in [-0.2, 0) is 6.61 Å². The molecule has 0 saturated heterocycles. The van der Waals surface area contributed by atoms with E-state index < -0.39 is 5.97 Å². The maximum Gasteiger partial charge on any atom is 0.347 e. The Morgan fingerprint density at radius 1 is 0.923 bits per heavy atom. The van der Waals surface area contributed by atoms with Gasteiger partial charge in [0.15, 0.2) is 5.76 Å². The zero-order valence-electron chi connectivity index (χ0n) is 20.8. The minimum Gasteiger partial charge on any atom is -0.489 e. The summed E-state index contributed by atoms with van der Waals surface area (Å²) in [4.78, 5) is 26.1. The second-order valence-electron chi connectivity index (χ2n) is 8.97. The number of esters is 1. The van der Waals surface area contributed by atoms with Gasteiger partial charge in [0, 0.05) is 15.9 Å². The van der Waals surface area contributed by atoms with Crippen molar-refractivity contribution in [2.24, 2.45) is 0 Å². The molecular formula is C32H21BrO6. The minimum absolute atomic E-state index is 0.195. The monoisotopic (exact) mass is 580 g/mol. The first-order valence-electron chi connectivity index (χ1n) is 12.2. The van der Waals surface area contributed by atoms with Gasteiger partial charge < -0.3 is 18.6 Å². The lowest BCUT2D eigenvalue weighted by atomic mass is 10.1. The Hall–Kier alpha value is -4.62. The van der Waals surface area contributed by atoms with E-state index in [2.05, 4.69) is 15.9 Å². The van der Waals surface area contributed by atoms with E-state index in [0.29, 0.717) is 46.0 Å². The van der Waals surface area contributed by atoms with Crippen LogP contribution in [0.3, 0.4) is 0 Å². The molecule has 0 unspecified atom stereocenters. The van der Waals surface area contributed by atoms with Crippen LogP contribution in [0.5, 0.6) is 17.2 Å². The molecule has 2 heterocycles. The van der Waals surface area contributed by atoms with Gasteiger partial charge in [0.05, 0.1) is 5.56 Å². The molecule has 0 bridgehead atoms. The highest BCUT2D eigenvalue weighted by Gasteiger charge is 2.29. The molecule has 6 nitrogen and oxygen atoms in total. The highest BCUT2D eigenvalue weighted by molar-refractivity contribution is 9.10. The Balaban J connectivity index is 1.22. The number of furan rings is 1. The van der Waals surface area contributed by atoms with Crippen LogP contribution in [0.4, 0.5) is 0 Å². The van der Waals surface area contributed by atoms with E-state index in [-0.39, 0.29) is 17.3 Å². The first-order chi connectivity index (χ1) is 19.0. The summed E-state index contributed by atoms with van der Waals surface area (Å²) in [6.07, 6.45) is 1.68. The predicted molar refractivity (Wildman–Crippen MR) is 150 cm³/mol. The van der Waals surface area contributed by atoms with Gasteiger partial charge >= 0.3 is 5.97 Å². The van der Waals surface area contributed by atoms with Crippen molar-refractivity contribution in [2.45, 2.75) is 13.5 Å². The van der Waals surface area contributed by atoms with Crippen LogP contribution in [0.15, 0.2) is 106 Å². The van der Waals surface area contributed by atoms with Crippen molar-refractivity contribution in [3.05, 3.63) is 129 Å². The van der Waals surface area contributed by atoms with Crippen LogP contribution >= 0.6 is 15.9 Å². The van der Waals surface area contributed by atoms with Crippen molar-refractivity contribution >= 4 is 44.7 Å². The number of hydrogen-bond acceptors (Lipinski definition) is 6. The molecule has 1 aliphatic rings. The third-order valence-electron chi connectivity index (χ3n) is 6.33. The molecular weight excluding hydrogens is 560 g/mol. The SMILES string of the molecule is Cc1oc2ccc(OCc3ccccc3)cc2c1C(=O)Oc1ccc2c(c1)O/C(=C\c1ccccc1Br)C2=O. The number of allylic oxidation sites excluding steroid dienone is 1. The van der Waals surface area contributed by atoms with Crippen LogP contribution in [0.1, 0.15) is 37.6 Å². The molecule has 0 amide bonds. The average molecular weight is 581 g/mol. The molecule has 0 spiro atoms. The van der Waals surface area contributed by atoms with Gasteiger partial charge in [-0.2, -0.15) is 0 Å². The molecule has 0 N–H and O–H groups in total. The number of ketones is 1. The summed E-state index contributed by atoms with van der Waals surface area (Å²) in [5, 5.41) is 0.592. The summed E-state index contributed by atoms with van der Waals surface area (Å²) in [6.45, 7) is 2.11. The van der Waals surface area contributed by atoms with Gasteiger partial charge in [-0.25, -0.2) is 4.79 Å². The smallest absolute Gasteiger partial charge is 0.347 e. The van der Waals surface area contributed by atoms with Crippen molar-refractivity contribution in [1.82, 2.24) is 0 Å². The fourth-order valence-electron chi connectivity index (χ4n) is 4.41. The number of carbonyl (C=O) groups is 2. The van der Waals surface area contributed by atoms with Gasteiger partial charge in [-0.05, 0) is 60.5 Å². The molecule has 1 aromatic heterocycles. The van der Waals surface area contributed by atoms with E-state index in [1.165, 1.54) is 6.07 Å². The van der Waals surface area contributed by atoms with Crippen LogP contribution in [0.2, 0.25) is 0 Å². The number of hydrogen-bond donors (Lipinski definition) is 0. The largest absolute Gasteiger partial charge is 0.489 e. The zero-order chi connectivity index (χ0) is 26.9. The first kappa shape index (κ1) is 24.7. The number of Topliss-reactive ketones (excluding diaryl/α,β-unsaturated/α-hetero) is 1. The van der Waals surface area contributed by atoms with Gasteiger partial charge in [-0.1, -0.05) is 64.5 Å². The maximum absolute atomic E-state index is 13.3. The normalized spacial score (nSPS) is 13.4. The van der Waals surface area contributed by atoms with E-state index in [1.54, 1.807) is 43.3 Å². The molecule has 4 aromatic carbocycles. The average Bonchev–Trinajstić information content (AvgIpc) is 3.43. The number of halogens is 1. The molecule has 0 aliphatic carbocycles. The first-order valence-corrected chi connectivity index (χ1v) is 13.0. The Labute approximate surface area is 232 Å². The second kappa shape index (κ2) is 10.3. The molecule has 5 aromatic rings. The standard InChI is InChI=1S/C32H21BrO6/c1-19-30(25-16-22(12-14-27(25)37-19)36-18-20-7-3-2-4-8-20)32(35)38-23-11-13-24-28(17-23)39-29(31(24)34)15-21-9-5-6-10-26(21)33/h2-17H,18H2,1H3/b29-15-. The summed E-state index contributed by atoms with van der Waals surface area (Å²) in [5.74, 6) is 0.988. The molecule has 0 saturated carbocycles. The van der Waals surface area contributed by atoms with E-state index in [9.17, 15) is 9.59 Å². The van der Waals surface area contributed by atoms with Crippen LogP contribution in [-0.4, -0.2) is 11.8 Å². The van der Waals surface area contributed by atoms with Crippen LogP contribution in [0, 0.1) is 6.92 Å². The number of benzene rings is 4. The summed E-state index contributed by atoms with van der Waals surface area (Å²) in [7, 11) is 0. The predicted octanol–water partition coefficient (Wildman–Crippen LogP) is 7.92. The zero-order valence-corrected chi connectivity index (χ0v) is 22.4. The molecule has 7 heteroatoms. The summed E-state index contributed by atoms with van der Waals surface area (Å²) in [5.41, 5.74) is 3.11. The van der Waals surface area contributed by atoms with Crippen molar-refractivity contribution in [1.29, 1.82) is 0 Å².